The van der Waals surface area contributed by atoms with E-state index in [1.54, 1.807) is 0 Å². The molecular formula is C22H29BrN2Si. The zero-order valence-electron chi connectivity index (χ0n) is 16.6. The third kappa shape index (κ3) is 2.97. The number of para-hydroxylation sites is 1. The molecule has 0 atom stereocenters. The van der Waals surface area contributed by atoms with Crippen LogP contribution in [0.1, 0.15) is 41.5 Å². The molecule has 0 radical (unpaired) electrons. The van der Waals surface area contributed by atoms with Gasteiger partial charge in [-0.25, -0.2) is 4.98 Å². The van der Waals surface area contributed by atoms with Gasteiger partial charge in [-0.15, -0.1) is 0 Å². The molecule has 0 spiro atoms. The second kappa shape index (κ2) is 7.32. The molecule has 2 heterocycles. The number of aromatic nitrogens is 2. The maximum atomic E-state index is 4.74. The van der Waals surface area contributed by atoms with Crippen molar-refractivity contribution in [3.63, 3.8) is 0 Å². The van der Waals surface area contributed by atoms with Gasteiger partial charge in [0, 0.05) is 22.7 Å². The van der Waals surface area contributed by atoms with Crippen molar-refractivity contribution in [1.29, 1.82) is 0 Å². The summed E-state index contributed by atoms with van der Waals surface area (Å²) in [7, 11) is -1.82. The molecule has 3 rings (SSSR count). The van der Waals surface area contributed by atoms with Gasteiger partial charge in [0.15, 0.2) is 8.24 Å². The summed E-state index contributed by atoms with van der Waals surface area (Å²) in [6, 6.07) is 15.0. The van der Waals surface area contributed by atoms with E-state index in [2.05, 4.69) is 104 Å². The average Bonchev–Trinajstić information content (AvgIpc) is 2.94. The van der Waals surface area contributed by atoms with Crippen molar-refractivity contribution >= 4 is 35.1 Å². The van der Waals surface area contributed by atoms with Crippen LogP contribution >= 0.6 is 15.9 Å². The average molecular weight is 429 g/mol. The highest BCUT2D eigenvalue weighted by atomic mass is 79.9. The van der Waals surface area contributed by atoms with E-state index in [1.807, 2.05) is 6.07 Å². The first-order valence-electron chi connectivity index (χ1n) is 9.53. The molecule has 0 amide bonds. The number of hydrogen-bond acceptors (Lipinski definition) is 1. The molecule has 4 heteroatoms. The lowest BCUT2D eigenvalue weighted by Crippen LogP contribution is -2.51. The van der Waals surface area contributed by atoms with Crippen molar-refractivity contribution in [2.75, 3.05) is 0 Å². The number of benzene rings is 1. The van der Waals surface area contributed by atoms with Gasteiger partial charge in [-0.05, 0) is 50.8 Å². The summed E-state index contributed by atoms with van der Waals surface area (Å²) in [5, 5.41) is 1.30. The van der Waals surface area contributed by atoms with Crippen LogP contribution in [-0.2, 0) is 0 Å². The van der Waals surface area contributed by atoms with Crippen LogP contribution in [0.4, 0.5) is 0 Å². The maximum absolute atomic E-state index is 4.74. The van der Waals surface area contributed by atoms with E-state index in [1.165, 1.54) is 16.5 Å². The topological polar surface area (TPSA) is 17.8 Å². The Morgan fingerprint density at radius 2 is 1.46 bits per heavy atom. The lowest BCUT2D eigenvalue weighted by molar-refractivity contribution is 0.773. The highest BCUT2D eigenvalue weighted by Crippen LogP contribution is 2.45. The Balaban J connectivity index is 2.37. The smallest absolute Gasteiger partial charge is 0.169 e. The van der Waals surface area contributed by atoms with E-state index in [0.717, 1.165) is 10.3 Å². The molecule has 0 unspecified atom stereocenters. The van der Waals surface area contributed by atoms with Crippen molar-refractivity contribution < 1.29 is 0 Å². The van der Waals surface area contributed by atoms with Crippen LogP contribution in [-0.4, -0.2) is 17.5 Å². The van der Waals surface area contributed by atoms with Crippen LogP contribution in [0.2, 0.25) is 16.6 Å². The standard InChI is InChI=1S/C22H29BrN2Si/c1-15(2)26(16(3)4,17(5)6)25-14-19(18-10-7-8-12-21(18)25)20-11-9-13-22(23)24-20/h7-17H,1-6H3. The number of pyridine rings is 1. The van der Waals surface area contributed by atoms with Gasteiger partial charge in [-0.2, -0.15) is 0 Å². The summed E-state index contributed by atoms with van der Waals surface area (Å²) >= 11 is 3.53. The van der Waals surface area contributed by atoms with E-state index in [4.69, 9.17) is 4.98 Å². The first-order chi connectivity index (χ1) is 12.3. The Bertz CT molecular complexity index is 890. The maximum Gasteiger partial charge on any atom is 0.169 e. The van der Waals surface area contributed by atoms with Crippen molar-refractivity contribution in [3.05, 3.63) is 53.3 Å². The zero-order valence-corrected chi connectivity index (χ0v) is 19.2. The van der Waals surface area contributed by atoms with E-state index < -0.39 is 8.24 Å². The van der Waals surface area contributed by atoms with Gasteiger partial charge in [0.2, 0.25) is 0 Å². The number of halogens is 1. The van der Waals surface area contributed by atoms with Crippen LogP contribution < -0.4 is 0 Å². The fourth-order valence-electron chi connectivity index (χ4n) is 5.10. The lowest BCUT2D eigenvalue weighted by atomic mass is 10.1. The van der Waals surface area contributed by atoms with Gasteiger partial charge in [0.25, 0.3) is 0 Å². The first-order valence-corrected chi connectivity index (χ1v) is 12.5. The molecule has 0 aliphatic heterocycles. The second-order valence-corrected chi connectivity index (χ2v) is 14.7. The van der Waals surface area contributed by atoms with Crippen LogP contribution in [0.5, 0.6) is 0 Å². The van der Waals surface area contributed by atoms with Crippen molar-refractivity contribution in [1.82, 2.24) is 9.22 Å². The SMILES string of the molecule is CC(C)[Si](C(C)C)(C(C)C)n1cc(-c2cccc(Br)n2)c2ccccc21. The number of rotatable bonds is 5. The van der Waals surface area contributed by atoms with Crippen LogP contribution in [0.3, 0.4) is 0 Å². The van der Waals surface area contributed by atoms with Crippen molar-refractivity contribution in [2.45, 2.75) is 58.2 Å². The van der Waals surface area contributed by atoms with Gasteiger partial charge in [-0.3, -0.25) is 0 Å². The highest BCUT2D eigenvalue weighted by molar-refractivity contribution is 9.10. The molecule has 2 aromatic heterocycles. The molecule has 0 aliphatic rings. The minimum Gasteiger partial charge on any atom is -0.373 e. The minimum absolute atomic E-state index is 0.654. The fourth-order valence-corrected chi connectivity index (χ4v) is 12.1. The normalized spacial score (nSPS) is 12.7. The predicted molar refractivity (Wildman–Crippen MR) is 119 cm³/mol. The molecule has 0 saturated carbocycles. The van der Waals surface area contributed by atoms with Crippen LogP contribution in [0.15, 0.2) is 53.3 Å². The summed E-state index contributed by atoms with van der Waals surface area (Å²) in [5.41, 5.74) is 5.59. The number of nitrogens with zero attached hydrogens (tertiary/aromatic N) is 2. The molecule has 0 bridgehead atoms. The molecule has 3 aromatic rings. The Hall–Kier alpha value is -1.39. The Morgan fingerprint density at radius 1 is 0.846 bits per heavy atom. The Labute approximate surface area is 166 Å². The quantitative estimate of drug-likeness (QED) is 0.303. The monoisotopic (exact) mass is 428 g/mol. The molecule has 138 valence electrons. The molecule has 2 nitrogen and oxygen atoms in total. The molecule has 0 fully saturated rings. The van der Waals surface area contributed by atoms with Gasteiger partial charge in [-0.1, -0.05) is 65.8 Å². The summed E-state index contributed by atoms with van der Waals surface area (Å²) in [5.74, 6) is 0. The number of fused-ring (bicyclic) bond motifs is 1. The molecule has 0 saturated heterocycles. The van der Waals surface area contributed by atoms with E-state index in [9.17, 15) is 0 Å². The van der Waals surface area contributed by atoms with E-state index in [0.29, 0.717) is 16.6 Å². The Morgan fingerprint density at radius 3 is 2.04 bits per heavy atom. The van der Waals surface area contributed by atoms with Gasteiger partial charge in [0.05, 0.1) is 5.69 Å². The highest BCUT2D eigenvalue weighted by Gasteiger charge is 2.46. The minimum atomic E-state index is -1.82. The van der Waals surface area contributed by atoms with E-state index in [-0.39, 0.29) is 0 Å². The summed E-state index contributed by atoms with van der Waals surface area (Å²) < 4.78 is 3.56. The summed E-state index contributed by atoms with van der Waals surface area (Å²) in [6.07, 6.45) is 2.39. The first kappa shape index (κ1) is 19.4. The molecule has 0 aliphatic carbocycles. The predicted octanol–water partition coefficient (Wildman–Crippen LogP) is 7.49. The molecule has 26 heavy (non-hydrogen) atoms. The molecule has 1 aromatic carbocycles. The van der Waals surface area contributed by atoms with Crippen molar-refractivity contribution in [2.24, 2.45) is 0 Å². The molecule has 0 N–H and O–H groups in total. The fraction of sp³-hybridized carbons (Fsp3) is 0.409. The summed E-state index contributed by atoms with van der Waals surface area (Å²) in [6.45, 7) is 14.5. The third-order valence-electron chi connectivity index (χ3n) is 5.89. The van der Waals surface area contributed by atoms with Crippen LogP contribution in [0, 0.1) is 0 Å². The third-order valence-corrected chi connectivity index (χ3v) is 13.1. The second-order valence-electron chi connectivity index (χ2n) is 8.13. The van der Waals surface area contributed by atoms with Gasteiger partial charge >= 0.3 is 0 Å². The van der Waals surface area contributed by atoms with E-state index >= 15 is 0 Å². The Kier molecular flexibility index (Phi) is 5.45. The van der Waals surface area contributed by atoms with Crippen LogP contribution in [0.25, 0.3) is 22.2 Å². The largest absolute Gasteiger partial charge is 0.373 e. The molecular weight excluding hydrogens is 400 g/mol. The van der Waals surface area contributed by atoms with Gasteiger partial charge in [0.1, 0.15) is 4.60 Å². The zero-order chi connectivity index (χ0) is 19.1. The van der Waals surface area contributed by atoms with Crippen molar-refractivity contribution in [3.8, 4) is 11.3 Å². The number of hydrogen-bond donors (Lipinski definition) is 0. The lowest BCUT2D eigenvalue weighted by Gasteiger charge is -2.44. The van der Waals surface area contributed by atoms with Gasteiger partial charge < -0.3 is 4.23 Å². The summed E-state index contributed by atoms with van der Waals surface area (Å²) in [4.78, 5) is 4.74.